The quantitative estimate of drug-likeness (QED) is 0.169. The van der Waals surface area contributed by atoms with Gasteiger partial charge >= 0.3 is 21.5 Å². The average molecular weight is 620 g/mol. The van der Waals surface area contributed by atoms with Crippen LogP contribution in [0.4, 0.5) is 22.0 Å². The van der Waals surface area contributed by atoms with Gasteiger partial charge in [0.15, 0.2) is 20.5 Å². The Morgan fingerprint density at radius 2 is 1.37 bits per heavy atom. The molecule has 1 fully saturated rings. The number of ether oxygens (including phenoxy) is 3. The lowest BCUT2D eigenvalue weighted by Gasteiger charge is -2.41. The number of halogens is 5. The summed E-state index contributed by atoms with van der Waals surface area (Å²) in [5, 5.41) is -5.65. The minimum Gasteiger partial charge on any atom is -0.473 e. The molecule has 6 nitrogen and oxygen atoms in total. The molecule has 0 aliphatic carbocycles. The molecular formula is C28H28F5O6S2+. The zero-order valence-electron chi connectivity index (χ0n) is 22.2. The Morgan fingerprint density at radius 1 is 0.829 bits per heavy atom. The van der Waals surface area contributed by atoms with Gasteiger partial charge in [-0.25, -0.2) is 0 Å². The highest BCUT2D eigenvalue weighted by atomic mass is 32.2. The molecule has 0 bridgehead atoms. The van der Waals surface area contributed by atoms with Crippen molar-refractivity contribution in [3.8, 4) is 5.75 Å². The molecule has 0 aromatic heterocycles. The normalized spacial score (nSPS) is 18.9. The van der Waals surface area contributed by atoms with Crippen molar-refractivity contribution in [3.05, 3.63) is 84.4 Å². The first-order valence-electron chi connectivity index (χ1n) is 12.3. The van der Waals surface area contributed by atoms with Crippen molar-refractivity contribution in [1.29, 1.82) is 0 Å². The second-order valence-electron chi connectivity index (χ2n) is 10.4. The fourth-order valence-electron chi connectivity index (χ4n) is 4.05. The Labute approximate surface area is 237 Å². The van der Waals surface area contributed by atoms with Crippen LogP contribution in [0.15, 0.2) is 93.5 Å². The summed E-state index contributed by atoms with van der Waals surface area (Å²) in [5.74, 6) is -1.63. The number of hydrogen-bond acceptors (Lipinski definition) is 5. The lowest BCUT2D eigenvalue weighted by Crippen LogP contribution is -2.53. The number of alkyl halides is 5. The predicted molar refractivity (Wildman–Crippen MR) is 141 cm³/mol. The van der Waals surface area contributed by atoms with Crippen LogP contribution in [0.5, 0.6) is 5.75 Å². The van der Waals surface area contributed by atoms with E-state index in [9.17, 15) is 30.4 Å². The summed E-state index contributed by atoms with van der Waals surface area (Å²) in [4.78, 5) is 1.93. The molecule has 0 spiro atoms. The fourth-order valence-corrected chi connectivity index (χ4v) is 6.60. The molecule has 3 aromatic carbocycles. The zero-order valence-corrected chi connectivity index (χ0v) is 23.8. The van der Waals surface area contributed by atoms with Gasteiger partial charge in [-0.3, -0.25) is 4.55 Å². The molecule has 4 rings (SSSR count). The molecule has 2 unspecified atom stereocenters. The average Bonchev–Trinajstić information content (AvgIpc) is 2.89. The van der Waals surface area contributed by atoms with Crippen molar-refractivity contribution in [3.63, 3.8) is 0 Å². The second-order valence-corrected chi connectivity index (χ2v) is 13.9. The van der Waals surface area contributed by atoms with Crippen molar-refractivity contribution >= 4 is 21.0 Å². The number of rotatable bonds is 8. The summed E-state index contributed by atoms with van der Waals surface area (Å²) < 4.78 is 116. The van der Waals surface area contributed by atoms with E-state index < -0.39 is 50.1 Å². The van der Waals surface area contributed by atoms with Gasteiger partial charge in [0.2, 0.25) is 0 Å². The number of hydrogen-bond donors (Lipinski definition) is 1. The van der Waals surface area contributed by atoms with Crippen molar-refractivity contribution < 1.29 is 49.1 Å². The summed E-state index contributed by atoms with van der Waals surface area (Å²) >= 11 is 0. The molecule has 0 radical (unpaired) electrons. The Balaban J connectivity index is 1.71. The highest BCUT2D eigenvalue weighted by Gasteiger charge is 2.65. The third-order valence-electron chi connectivity index (χ3n) is 6.31. The van der Waals surface area contributed by atoms with E-state index in [-0.39, 0.29) is 5.41 Å². The third-order valence-corrected chi connectivity index (χ3v) is 9.43. The SMILES string of the molecule is CC1(C)COC(C)(c2ccc([S+](c3ccccc3)c3cccc(OC(C(F)(F)F)C(F)(F)S(=O)(=O)O)c3)cc2)OC1. The van der Waals surface area contributed by atoms with Gasteiger partial charge in [0, 0.05) is 17.0 Å². The van der Waals surface area contributed by atoms with Crippen LogP contribution in [0.25, 0.3) is 0 Å². The maximum atomic E-state index is 14.1. The molecule has 222 valence electrons. The monoisotopic (exact) mass is 619 g/mol. The maximum Gasteiger partial charge on any atom is 0.432 e. The van der Waals surface area contributed by atoms with Crippen LogP contribution in [0.3, 0.4) is 0 Å². The molecule has 0 amide bonds. The van der Waals surface area contributed by atoms with Crippen LogP contribution >= 0.6 is 0 Å². The van der Waals surface area contributed by atoms with E-state index in [1.54, 1.807) is 24.3 Å². The van der Waals surface area contributed by atoms with Crippen LogP contribution in [0.1, 0.15) is 26.3 Å². The van der Waals surface area contributed by atoms with Crippen molar-refractivity contribution in [2.75, 3.05) is 13.2 Å². The minimum absolute atomic E-state index is 0.136. The van der Waals surface area contributed by atoms with E-state index in [0.717, 1.165) is 27.5 Å². The third kappa shape index (κ3) is 6.86. The minimum atomic E-state index is -6.44. The first-order valence-corrected chi connectivity index (χ1v) is 15.0. The molecule has 1 saturated heterocycles. The molecule has 13 heteroatoms. The van der Waals surface area contributed by atoms with Crippen molar-refractivity contribution in [2.45, 2.75) is 58.8 Å². The highest BCUT2D eigenvalue weighted by molar-refractivity contribution is 7.97. The molecule has 2 atom stereocenters. The highest BCUT2D eigenvalue weighted by Crippen LogP contribution is 2.41. The topological polar surface area (TPSA) is 82.1 Å². The van der Waals surface area contributed by atoms with Gasteiger partial charge in [0.25, 0.3) is 6.10 Å². The molecule has 1 aliphatic heterocycles. The molecule has 3 aromatic rings. The van der Waals surface area contributed by atoms with Gasteiger partial charge in [0.05, 0.1) is 24.1 Å². The van der Waals surface area contributed by atoms with E-state index >= 15 is 0 Å². The van der Waals surface area contributed by atoms with Gasteiger partial charge < -0.3 is 14.2 Å². The van der Waals surface area contributed by atoms with Crippen molar-refractivity contribution in [1.82, 2.24) is 0 Å². The predicted octanol–water partition coefficient (Wildman–Crippen LogP) is 6.82. The lowest BCUT2D eigenvalue weighted by molar-refractivity contribution is -0.298. The van der Waals surface area contributed by atoms with Crippen LogP contribution in [-0.4, -0.2) is 43.7 Å². The Hall–Kier alpha value is -2.71. The molecular weight excluding hydrogens is 591 g/mol. The first-order chi connectivity index (χ1) is 18.9. The van der Waals surface area contributed by atoms with Crippen molar-refractivity contribution in [2.24, 2.45) is 5.41 Å². The molecule has 41 heavy (non-hydrogen) atoms. The maximum absolute atomic E-state index is 14.1. The van der Waals surface area contributed by atoms with E-state index in [4.69, 9.17) is 14.0 Å². The van der Waals surface area contributed by atoms with Crippen LogP contribution in [-0.2, 0) is 36.3 Å². The second kappa shape index (κ2) is 11.2. The first kappa shape index (κ1) is 31.2. The standard InChI is InChI=1S/C28H27F5O6S2/c1-25(2)17-37-26(3,38-18-25)19-12-14-22(15-13-19)40(21-9-5-4-6-10-21)23-11-7-8-20(16-23)39-24(27(29,30)31)28(32,33)41(34,35)36/h4-16,24H,17-18H2,1-3H3/p+1. The Kier molecular flexibility index (Phi) is 8.51. The molecule has 1 N–H and O–H groups in total. The van der Waals surface area contributed by atoms with Crippen LogP contribution < -0.4 is 4.74 Å². The number of benzene rings is 3. The fraction of sp³-hybridized carbons (Fsp3) is 0.357. The largest absolute Gasteiger partial charge is 0.473 e. The summed E-state index contributed by atoms with van der Waals surface area (Å²) in [6.07, 6.45) is -9.96. The van der Waals surface area contributed by atoms with Gasteiger partial charge in [-0.1, -0.05) is 38.1 Å². The Bertz CT molecular complexity index is 1450. The molecule has 0 saturated carbocycles. The van der Waals surface area contributed by atoms with E-state index in [2.05, 4.69) is 4.74 Å². The van der Waals surface area contributed by atoms with Gasteiger partial charge in [0.1, 0.15) is 5.75 Å². The smallest absolute Gasteiger partial charge is 0.432 e. The lowest BCUT2D eigenvalue weighted by atomic mass is 9.94. The van der Waals surface area contributed by atoms with Gasteiger partial charge in [-0.2, -0.15) is 30.4 Å². The summed E-state index contributed by atoms with van der Waals surface area (Å²) in [6, 6.07) is 21.3. The van der Waals surface area contributed by atoms with Crippen LogP contribution in [0, 0.1) is 5.41 Å². The van der Waals surface area contributed by atoms with Gasteiger partial charge in [-0.15, -0.1) is 0 Å². The molecule has 1 heterocycles. The van der Waals surface area contributed by atoms with Crippen LogP contribution in [0.2, 0.25) is 0 Å². The molecule has 1 aliphatic rings. The van der Waals surface area contributed by atoms with E-state index in [1.807, 2.05) is 57.2 Å². The van der Waals surface area contributed by atoms with E-state index in [1.165, 1.54) is 6.07 Å². The van der Waals surface area contributed by atoms with Gasteiger partial charge in [-0.05, 0) is 55.5 Å². The summed E-state index contributed by atoms with van der Waals surface area (Å²) in [6.45, 7) is 6.85. The zero-order chi connectivity index (χ0) is 30.3. The van der Waals surface area contributed by atoms with E-state index in [0.29, 0.717) is 18.1 Å². The summed E-state index contributed by atoms with van der Waals surface area (Å²) in [7, 11) is -7.38. The summed E-state index contributed by atoms with van der Waals surface area (Å²) in [5.41, 5.74) is 0.619. The Morgan fingerprint density at radius 3 is 1.90 bits per heavy atom.